The van der Waals surface area contributed by atoms with Gasteiger partial charge >= 0.3 is 0 Å². The van der Waals surface area contributed by atoms with Crippen LogP contribution < -0.4 is 5.32 Å². The molecule has 0 bridgehead atoms. The molecule has 1 N–H and O–H groups in total. The lowest BCUT2D eigenvalue weighted by Crippen LogP contribution is -2.20. The van der Waals surface area contributed by atoms with Gasteiger partial charge in [0.05, 0.1) is 6.07 Å². The van der Waals surface area contributed by atoms with Gasteiger partial charge in [-0.2, -0.15) is 5.26 Å². The largest absolute Gasteiger partial charge is 0.310 e. The van der Waals surface area contributed by atoms with Crippen LogP contribution in [-0.4, -0.2) is 21.2 Å². The second kappa shape index (κ2) is 6.64. The molecule has 1 aromatic carbocycles. The fourth-order valence-electron chi connectivity index (χ4n) is 1.69. The first kappa shape index (κ1) is 15.6. The molecule has 19 heavy (non-hydrogen) atoms. The van der Waals surface area contributed by atoms with E-state index in [0.29, 0.717) is 18.5 Å². The molecule has 1 unspecified atom stereocenters. The summed E-state index contributed by atoms with van der Waals surface area (Å²) in [6.45, 7) is 2.52. The zero-order valence-corrected chi connectivity index (χ0v) is 11.8. The van der Waals surface area contributed by atoms with E-state index in [1.807, 2.05) is 13.0 Å². The number of benzene rings is 1. The monoisotopic (exact) mass is 284 g/mol. The van der Waals surface area contributed by atoms with Crippen molar-refractivity contribution in [3.05, 3.63) is 29.6 Å². The highest BCUT2D eigenvalue weighted by Crippen LogP contribution is 2.20. The van der Waals surface area contributed by atoms with Crippen molar-refractivity contribution in [2.45, 2.75) is 30.7 Å². The van der Waals surface area contributed by atoms with Gasteiger partial charge in [0.25, 0.3) is 0 Å². The quantitative estimate of drug-likeness (QED) is 0.813. The van der Waals surface area contributed by atoms with Crippen molar-refractivity contribution in [3.63, 3.8) is 0 Å². The predicted octanol–water partition coefficient (Wildman–Crippen LogP) is 2.18. The van der Waals surface area contributed by atoms with Gasteiger partial charge in [-0.1, -0.05) is 6.07 Å². The van der Waals surface area contributed by atoms with Gasteiger partial charge in [-0.3, -0.25) is 0 Å². The lowest BCUT2D eigenvalue weighted by molar-refractivity contribution is 0.545. The minimum absolute atomic E-state index is 0.0956. The van der Waals surface area contributed by atoms with Gasteiger partial charge in [-0.25, -0.2) is 12.8 Å². The van der Waals surface area contributed by atoms with Crippen LogP contribution >= 0.6 is 0 Å². The Morgan fingerprint density at radius 1 is 1.47 bits per heavy atom. The van der Waals surface area contributed by atoms with Crippen molar-refractivity contribution in [1.29, 1.82) is 5.26 Å². The Kier molecular flexibility index (Phi) is 5.45. The third-order valence-electron chi connectivity index (χ3n) is 2.77. The predicted molar refractivity (Wildman–Crippen MR) is 70.8 cm³/mol. The summed E-state index contributed by atoms with van der Waals surface area (Å²) >= 11 is 0. The number of sulfone groups is 1. The molecule has 104 valence electrons. The summed E-state index contributed by atoms with van der Waals surface area (Å²) in [5, 5.41) is 11.6. The zero-order chi connectivity index (χ0) is 14.5. The van der Waals surface area contributed by atoms with Crippen LogP contribution in [0.25, 0.3) is 0 Å². The lowest BCUT2D eigenvalue weighted by atomic mass is 10.1. The highest BCUT2D eigenvalue weighted by Gasteiger charge is 2.15. The number of nitriles is 1. The molecule has 0 heterocycles. The van der Waals surface area contributed by atoms with E-state index in [0.717, 1.165) is 12.7 Å². The van der Waals surface area contributed by atoms with E-state index in [4.69, 9.17) is 5.26 Å². The molecule has 0 aliphatic heterocycles. The summed E-state index contributed by atoms with van der Waals surface area (Å²) in [5.74, 6) is -0.731. The van der Waals surface area contributed by atoms with E-state index in [9.17, 15) is 12.8 Å². The van der Waals surface area contributed by atoms with Gasteiger partial charge < -0.3 is 5.32 Å². The molecule has 0 saturated heterocycles. The van der Waals surface area contributed by atoms with E-state index >= 15 is 0 Å². The van der Waals surface area contributed by atoms with Gasteiger partial charge in [0, 0.05) is 18.7 Å². The van der Waals surface area contributed by atoms with Crippen LogP contribution in [0.15, 0.2) is 23.1 Å². The summed E-state index contributed by atoms with van der Waals surface area (Å²) in [6.07, 6.45) is 2.18. The van der Waals surface area contributed by atoms with E-state index in [-0.39, 0.29) is 10.9 Å². The molecule has 6 heteroatoms. The number of halogens is 1. The highest BCUT2D eigenvalue weighted by atomic mass is 32.2. The minimum Gasteiger partial charge on any atom is -0.310 e. The topological polar surface area (TPSA) is 70.0 Å². The van der Waals surface area contributed by atoms with Crippen LogP contribution in [0.5, 0.6) is 0 Å². The molecule has 0 saturated carbocycles. The minimum atomic E-state index is -3.53. The molecule has 0 aliphatic carbocycles. The van der Waals surface area contributed by atoms with Crippen LogP contribution in [0.4, 0.5) is 4.39 Å². The third kappa shape index (κ3) is 4.62. The fraction of sp³-hybridized carbons (Fsp3) is 0.462. The highest BCUT2D eigenvalue weighted by molar-refractivity contribution is 7.90. The molecule has 0 spiro atoms. The third-order valence-corrected chi connectivity index (χ3v) is 3.90. The maximum absolute atomic E-state index is 13.7. The van der Waals surface area contributed by atoms with Gasteiger partial charge in [0.2, 0.25) is 0 Å². The molecule has 1 rings (SSSR count). The molecular formula is C13H17FN2O2S. The van der Waals surface area contributed by atoms with Crippen molar-refractivity contribution in [1.82, 2.24) is 5.32 Å². The second-order valence-electron chi connectivity index (χ2n) is 4.40. The Hall–Kier alpha value is -1.45. The number of rotatable bonds is 6. The first-order valence-electron chi connectivity index (χ1n) is 5.96. The number of nitrogens with one attached hydrogen (secondary N) is 1. The van der Waals surface area contributed by atoms with Crippen LogP contribution in [-0.2, 0) is 9.84 Å². The molecule has 1 atom stereocenters. The van der Waals surface area contributed by atoms with Crippen molar-refractivity contribution >= 4 is 9.84 Å². The molecule has 4 nitrogen and oxygen atoms in total. The van der Waals surface area contributed by atoms with E-state index in [2.05, 4.69) is 5.32 Å². The average Bonchev–Trinajstić information content (AvgIpc) is 2.32. The van der Waals surface area contributed by atoms with Gasteiger partial charge in [-0.15, -0.1) is 0 Å². The Bertz CT molecular complexity index is 579. The average molecular weight is 284 g/mol. The number of nitrogens with zero attached hydrogens (tertiary/aromatic N) is 1. The molecule has 0 fully saturated rings. The van der Waals surface area contributed by atoms with E-state index in [1.54, 1.807) is 6.07 Å². The van der Waals surface area contributed by atoms with Crippen LogP contribution in [0.3, 0.4) is 0 Å². The maximum atomic E-state index is 13.7. The van der Waals surface area contributed by atoms with Crippen molar-refractivity contribution < 1.29 is 12.8 Å². The standard InChI is InChI=1S/C13H17FN2O2S/c1-10(16-8-4-3-7-15)11-5-6-13(12(14)9-11)19(2,17)18/h5-6,9-10,16H,3-4,8H2,1-2H3. The molecule has 0 radical (unpaired) electrons. The van der Waals surface area contributed by atoms with Crippen LogP contribution in [0, 0.1) is 17.1 Å². The Morgan fingerprint density at radius 2 is 2.16 bits per heavy atom. The summed E-state index contributed by atoms with van der Waals surface area (Å²) in [6, 6.07) is 6.07. The summed E-state index contributed by atoms with van der Waals surface area (Å²) in [7, 11) is -3.53. The Labute approximate surface area is 113 Å². The van der Waals surface area contributed by atoms with Gasteiger partial charge in [0.1, 0.15) is 10.7 Å². The second-order valence-corrected chi connectivity index (χ2v) is 6.38. The molecule has 0 aromatic heterocycles. The first-order valence-corrected chi connectivity index (χ1v) is 7.85. The van der Waals surface area contributed by atoms with Gasteiger partial charge in [-0.05, 0) is 37.6 Å². The molecule has 0 aliphatic rings. The summed E-state index contributed by atoms with van der Waals surface area (Å²) in [4.78, 5) is -0.284. The van der Waals surface area contributed by atoms with Crippen LogP contribution in [0.2, 0.25) is 0 Å². The summed E-state index contributed by atoms with van der Waals surface area (Å²) < 4.78 is 36.3. The van der Waals surface area contributed by atoms with Crippen molar-refractivity contribution in [3.8, 4) is 6.07 Å². The van der Waals surface area contributed by atoms with E-state index < -0.39 is 15.7 Å². The maximum Gasteiger partial charge on any atom is 0.178 e. The zero-order valence-electron chi connectivity index (χ0n) is 11.0. The number of hydrogen-bond donors (Lipinski definition) is 1. The molecule has 0 amide bonds. The summed E-state index contributed by atoms with van der Waals surface area (Å²) in [5.41, 5.74) is 0.682. The smallest absolute Gasteiger partial charge is 0.178 e. The van der Waals surface area contributed by atoms with Crippen LogP contribution in [0.1, 0.15) is 31.4 Å². The fourth-order valence-corrected chi connectivity index (χ4v) is 2.42. The Balaban J connectivity index is 2.76. The number of hydrogen-bond acceptors (Lipinski definition) is 4. The molecular weight excluding hydrogens is 267 g/mol. The number of unbranched alkanes of at least 4 members (excludes halogenated alkanes) is 1. The Morgan fingerprint density at radius 3 is 2.68 bits per heavy atom. The molecule has 1 aromatic rings. The van der Waals surface area contributed by atoms with Crippen molar-refractivity contribution in [2.24, 2.45) is 0 Å². The normalized spacial score (nSPS) is 12.9. The van der Waals surface area contributed by atoms with E-state index in [1.165, 1.54) is 12.1 Å². The van der Waals surface area contributed by atoms with Crippen molar-refractivity contribution in [2.75, 3.05) is 12.8 Å². The lowest BCUT2D eigenvalue weighted by Gasteiger charge is -2.14. The van der Waals surface area contributed by atoms with Gasteiger partial charge in [0.15, 0.2) is 9.84 Å². The first-order chi connectivity index (χ1) is 8.86. The SMILES string of the molecule is CC(NCCCC#N)c1ccc(S(C)(=O)=O)c(F)c1.